The van der Waals surface area contributed by atoms with E-state index in [1.54, 1.807) is 30.3 Å². The lowest BCUT2D eigenvalue weighted by atomic mass is 10.2. The van der Waals surface area contributed by atoms with Crippen LogP contribution in [0.4, 0.5) is 5.69 Å². The van der Waals surface area contributed by atoms with Crippen molar-refractivity contribution in [3.05, 3.63) is 48.0 Å². The van der Waals surface area contributed by atoms with Crippen molar-refractivity contribution < 1.29 is 23.8 Å². The van der Waals surface area contributed by atoms with Gasteiger partial charge in [0.15, 0.2) is 6.61 Å². The summed E-state index contributed by atoms with van der Waals surface area (Å²) in [5.74, 6) is 0.255. The van der Waals surface area contributed by atoms with E-state index < -0.39 is 5.91 Å². The lowest BCUT2D eigenvalue weighted by Crippen LogP contribution is -2.21. The SMILES string of the molecule is COc1cccc(NC(=O)COc2cc(OC)ccc2C(N)=O)c1. The fraction of sp³-hybridized carbons (Fsp3) is 0.176. The quantitative estimate of drug-likeness (QED) is 0.806. The Hall–Kier alpha value is -3.22. The van der Waals surface area contributed by atoms with Crippen molar-refractivity contribution in [2.75, 3.05) is 26.1 Å². The molecule has 2 amide bonds. The zero-order valence-corrected chi connectivity index (χ0v) is 13.4. The molecule has 3 N–H and O–H groups in total. The molecule has 7 heteroatoms. The van der Waals surface area contributed by atoms with Gasteiger partial charge in [0.1, 0.15) is 17.2 Å². The Bertz CT molecular complexity index is 746. The summed E-state index contributed by atoms with van der Waals surface area (Å²) in [4.78, 5) is 23.4. The number of amides is 2. The summed E-state index contributed by atoms with van der Waals surface area (Å²) in [6.07, 6.45) is 0. The first-order chi connectivity index (χ1) is 11.5. The number of ether oxygens (including phenoxy) is 3. The molecule has 24 heavy (non-hydrogen) atoms. The summed E-state index contributed by atoms with van der Waals surface area (Å²) in [5, 5.41) is 2.67. The third-order valence-corrected chi connectivity index (χ3v) is 3.17. The summed E-state index contributed by atoms with van der Waals surface area (Å²) < 4.78 is 15.6. The molecule has 0 spiro atoms. The van der Waals surface area contributed by atoms with Gasteiger partial charge >= 0.3 is 0 Å². The molecule has 0 saturated carbocycles. The molecule has 0 unspecified atom stereocenters. The summed E-state index contributed by atoms with van der Waals surface area (Å²) in [6, 6.07) is 11.5. The van der Waals surface area contributed by atoms with Gasteiger partial charge < -0.3 is 25.3 Å². The summed E-state index contributed by atoms with van der Waals surface area (Å²) in [6.45, 7) is -0.287. The number of methoxy groups -OCH3 is 2. The molecule has 2 aromatic rings. The number of anilines is 1. The second-order valence-electron chi connectivity index (χ2n) is 4.80. The van der Waals surface area contributed by atoms with Crippen LogP contribution in [0, 0.1) is 0 Å². The third kappa shape index (κ3) is 4.39. The van der Waals surface area contributed by atoms with Crippen LogP contribution in [0.25, 0.3) is 0 Å². The molecule has 0 bridgehead atoms. The van der Waals surface area contributed by atoms with Crippen LogP contribution in [0.2, 0.25) is 0 Å². The molecule has 0 aliphatic carbocycles. The molecule has 0 saturated heterocycles. The van der Waals surface area contributed by atoms with Crippen molar-refractivity contribution in [2.45, 2.75) is 0 Å². The average Bonchev–Trinajstić information content (AvgIpc) is 2.59. The molecule has 2 rings (SSSR count). The molecule has 0 aromatic heterocycles. The van der Waals surface area contributed by atoms with Gasteiger partial charge in [-0.25, -0.2) is 0 Å². The normalized spacial score (nSPS) is 9.92. The predicted octanol–water partition coefficient (Wildman–Crippen LogP) is 1.82. The molecule has 0 radical (unpaired) electrons. The second kappa shape index (κ2) is 7.87. The first kappa shape index (κ1) is 17.1. The van der Waals surface area contributed by atoms with E-state index in [0.29, 0.717) is 17.2 Å². The Labute approximate surface area is 139 Å². The van der Waals surface area contributed by atoms with Gasteiger partial charge in [-0.2, -0.15) is 0 Å². The molecule has 2 aromatic carbocycles. The van der Waals surface area contributed by atoms with Crippen LogP contribution in [0.15, 0.2) is 42.5 Å². The minimum atomic E-state index is -0.652. The number of rotatable bonds is 7. The Morgan fingerprint density at radius 3 is 2.42 bits per heavy atom. The third-order valence-electron chi connectivity index (χ3n) is 3.17. The lowest BCUT2D eigenvalue weighted by molar-refractivity contribution is -0.118. The Morgan fingerprint density at radius 2 is 1.75 bits per heavy atom. The number of nitrogens with two attached hydrogens (primary N) is 1. The topological polar surface area (TPSA) is 99.9 Å². The highest BCUT2D eigenvalue weighted by atomic mass is 16.5. The van der Waals surface area contributed by atoms with E-state index in [1.165, 1.54) is 26.4 Å². The first-order valence-corrected chi connectivity index (χ1v) is 7.08. The van der Waals surface area contributed by atoms with Crippen LogP contribution in [0.3, 0.4) is 0 Å². The number of carbonyl (C=O) groups is 2. The Balaban J connectivity index is 2.04. The van der Waals surface area contributed by atoms with Crippen molar-refractivity contribution in [3.8, 4) is 17.2 Å². The molecule has 126 valence electrons. The van der Waals surface area contributed by atoms with E-state index in [9.17, 15) is 9.59 Å². The van der Waals surface area contributed by atoms with Gasteiger partial charge in [0.2, 0.25) is 0 Å². The standard InChI is InChI=1S/C17H18N2O5/c1-22-12-5-3-4-11(8-12)19-16(20)10-24-15-9-13(23-2)6-7-14(15)17(18)21/h3-9H,10H2,1-2H3,(H2,18,21)(H,19,20). The van der Waals surface area contributed by atoms with Crippen LogP contribution in [0.1, 0.15) is 10.4 Å². The molecule has 0 aliphatic heterocycles. The second-order valence-corrected chi connectivity index (χ2v) is 4.80. The van der Waals surface area contributed by atoms with Gasteiger partial charge in [0.05, 0.1) is 19.8 Å². The van der Waals surface area contributed by atoms with Gasteiger partial charge in [-0.15, -0.1) is 0 Å². The number of primary amides is 1. The molecular formula is C17H18N2O5. The van der Waals surface area contributed by atoms with Crippen LogP contribution in [-0.2, 0) is 4.79 Å². The smallest absolute Gasteiger partial charge is 0.262 e. The van der Waals surface area contributed by atoms with Crippen LogP contribution in [-0.4, -0.2) is 32.6 Å². The molecular weight excluding hydrogens is 312 g/mol. The molecule has 0 heterocycles. The summed E-state index contributed by atoms with van der Waals surface area (Å²) in [5.41, 5.74) is 6.04. The van der Waals surface area contributed by atoms with E-state index >= 15 is 0 Å². The minimum absolute atomic E-state index is 0.171. The zero-order chi connectivity index (χ0) is 17.5. The fourth-order valence-electron chi connectivity index (χ4n) is 1.99. The monoisotopic (exact) mass is 330 g/mol. The highest BCUT2D eigenvalue weighted by Crippen LogP contribution is 2.24. The van der Waals surface area contributed by atoms with Gasteiger partial charge in [-0.1, -0.05) is 6.07 Å². The maximum atomic E-state index is 12.0. The van der Waals surface area contributed by atoms with Crippen molar-refractivity contribution in [1.82, 2.24) is 0 Å². The van der Waals surface area contributed by atoms with Crippen molar-refractivity contribution in [1.29, 1.82) is 0 Å². The van der Waals surface area contributed by atoms with Crippen molar-refractivity contribution in [3.63, 3.8) is 0 Å². The molecule has 7 nitrogen and oxygen atoms in total. The van der Waals surface area contributed by atoms with Gasteiger partial charge in [-0.05, 0) is 24.3 Å². The number of carbonyl (C=O) groups excluding carboxylic acids is 2. The Kier molecular flexibility index (Phi) is 5.62. The van der Waals surface area contributed by atoms with Crippen molar-refractivity contribution in [2.24, 2.45) is 5.73 Å². The van der Waals surface area contributed by atoms with Crippen LogP contribution < -0.4 is 25.3 Å². The van der Waals surface area contributed by atoms with E-state index in [1.807, 2.05) is 0 Å². The number of hydrogen-bond acceptors (Lipinski definition) is 5. The number of nitrogens with one attached hydrogen (secondary N) is 1. The predicted molar refractivity (Wildman–Crippen MR) is 88.6 cm³/mol. The van der Waals surface area contributed by atoms with Crippen molar-refractivity contribution >= 4 is 17.5 Å². The Morgan fingerprint density at radius 1 is 1.04 bits per heavy atom. The highest BCUT2D eigenvalue weighted by Gasteiger charge is 2.13. The molecule has 0 fully saturated rings. The average molecular weight is 330 g/mol. The fourth-order valence-corrected chi connectivity index (χ4v) is 1.99. The van der Waals surface area contributed by atoms with E-state index in [2.05, 4.69) is 5.32 Å². The zero-order valence-electron chi connectivity index (χ0n) is 13.4. The molecule has 0 aliphatic rings. The summed E-state index contributed by atoms with van der Waals surface area (Å²) >= 11 is 0. The maximum absolute atomic E-state index is 12.0. The minimum Gasteiger partial charge on any atom is -0.497 e. The number of hydrogen-bond donors (Lipinski definition) is 2. The van der Waals surface area contributed by atoms with Gasteiger partial charge in [0, 0.05) is 17.8 Å². The van der Waals surface area contributed by atoms with Crippen LogP contribution >= 0.6 is 0 Å². The summed E-state index contributed by atoms with van der Waals surface area (Å²) in [7, 11) is 3.02. The van der Waals surface area contributed by atoms with E-state index in [4.69, 9.17) is 19.9 Å². The lowest BCUT2D eigenvalue weighted by Gasteiger charge is -2.11. The molecule has 0 atom stereocenters. The maximum Gasteiger partial charge on any atom is 0.262 e. The first-order valence-electron chi connectivity index (χ1n) is 7.08. The largest absolute Gasteiger partial charge is 0.497 e. The van der Waals surface area contributed by atoms with E-state index in [0.717, 1.165) is 0 Å². The van der Waals surface area contributed by atoms with Crippen LogP contribution in [0.5, 0.6) is 17.2 Å². The van der Waals surface area contributed by atoms with Gasteiger partial charge in [-0.3, -0.25) is 9.59 Å². The van der Waals surface area contributed by atoms with Gasteiger partial charge in [0.25, 0.3) is 11.8 Å². The number of benzene rings is 2. The van der Waals surface area contributed by atoms with E-state index in [-0.39, 0.29) is 23.8 Å². The highest BCUT2D eigenvalue weighted by molar-refractivity contribution is 5.96.